The molecule has 1 aliphatic rings. The summed E-state index contributed by atoms with van der Waals surface area (Å²) in [6, 6.07) is 12.9. The third-order valence-corrected chi connectivity index (χ3v) is 6.75. The van der Waals surface area contributed by atoms with E-state index in [2.05, 4.69) is 10.3 Å². The molecular weight excluding hydrogens is 450 g/mol. The first kappa shape index (κ1) is 22.2. The van der Waals surface area contributed by atoms with Crippen molar-refractivity contribution in [1.29, 1.82) is 0 Å². The molecule has 1 N–H and O–H groups in total. The Labute approximate surface area is 194 Å². The Morgan fingerprint density at radius 3 is 2.59 bits per heavy atom. The van der Waals surface area contributed by atoms with Gasteiger partial charge in [-0.1, -0.05) is 41.6 Å². The molecule has 1 aliphatic heterocycles. The number of halogens is 1. The Morgan fingerprint density at radius 2 is 1.91 bits per heavy atom. The molecule has 7 nitrogen and oxygen atoms in total. The highest BCUT2D eigenvalue weighted by molar-refractivity contribution is 7.98. The molecule has 1 aromatic heterocycles. The zero-order valence-electron chi connectivity index (χ0n) is 17.8. The van der Waals surface area contributed by atoms with Crippen LogP contribution in [0.1, 0.15) is 29.0 Å². The van der Waals surface area contributed by atoms with Crippen LogP contribution in [0, 0.1) is 0 Å². The van der Waals surface area contributed by atoms with Crippen molar-refractivity contribution >= 4 is 35.1 Å². The third kappa shape index (κ3) is 4.33. The number of fused-ring (bicyclic) bond motifs is 1. The number of hydrogen-bond acceptors (Lipinski definition) is 6. The van der Waals surface area contributed by atoms with Crippen LogP contribution in [-0.2, 0) is 17.6 Å². The maximum absolute atomic E-state index is 13.1. The molecule has 0 aliphatic carbocycles. The van der Waals surface area contributed by atoms with Gasteiger partial charge < -0.3 is 19.4 Å². The lowest BCUT2D eigenvalue weighted by Crippen LogP contribution is -2.33. The van der Waals surface area contributed by atoms with E-state index < -0.39 is 5.92 Å². The number of nitrogens with one attached hydrogen (secondary N) is 1. The van der Waals surface area contributed by atoms with Gasteiger partial charge in [-0.15, -0.1) is 0 Å². The zero-order chi connectivity index (χ0) is 22.8. The van der Waals surface area contributed by atoms with E-state index in [1.807, 2.05) is 30.3 Å². The summed E-state index contributed by atoms with van der Waals surface area (Å²) in [5.74, 6) is 1.61. The van der Waals surface area contributed by atoms with Gasteiger partial charge in [0.15, 0.2) is 5.16 Å². The van der Waals surface area contributed by atoms with Crippen LogP contribution in [0.3, 0.4) is 0 Å². The molecule has 0 fully saturated rings. The molecule has 0 spiro atoms. The highest BCUT2D eigenvalue weighted by atomic mass is 35.5. The Bertz CT molecular complexity index is 1230. The molecule has 1 atom stereocenters. The molecule has 0 bridgehead atoms. The van der Waals surface area contributed by atoms with Gasteiger partial charge >= 0.3 is 0 Å². The molecule has 1 unspecified atom stereocenters. The standard InChI is InChI=1S/C23H22ClN3O4S/c1-27-21-20(22(29)26-23(27)32-12-13-4-6-14(24)7-5-13)17(11-19(28)25-21)16-9-8-15(30-2)10-18(16)31-3/h4-10,17H,11-12H2,1-3H3,(H,25,28). The SMILES string of the molecule is COc1ccc(C2CC(=O)Nc3c2c(=O)nc(SCc2ccc(Cl)cc2)n3C)c(OC)c1. The predicted octanol–water partition coefficient (Wildman–Crippen LogP) is 4.22. The number of ether oxygens (including phenoxy) is 2. The fourth-order valence-electron chi connectivity index (χ4n) is 3.76. The molecule has 166 valence electrons. The first-order valence-corrected chi connectivity index (χ1v) is 11.3. The van der Waals surface area contributed by atoms with E-state index in [1.54, 1.807) is 38.0 Å². The molecular formula is C23H22ClN3O4S. The summed E-state index contributed by atoms with van der Waals surface area (Å²) < 4.78 is 12.6. The number of thioether (sulfide) groups is 1. The van der Waals surface area contributed by atoms with Crippen LogP contribution in [-0.4, -0.2) is 29.7 Å². The number of carbonyl (C=O) groups is 1. The average molecular weight is 472 g/mol. The summed E-state index contributed by atoms with van der Waals surface area (Å²) >= 11 is 7.37. The van der Waals surface area contributed by atoms with Gasteiger partial charge in [-0.05, 0) is 23.8 Å². The minimum Gasteiger partial charge on any atom is -0.497 e. The Balaban J connectivity index is 1.73. The van der Waals surface area contributed by atoms with Gasteiger partial charge in [-0.2, -0.15) is 4.98 Å². The first-order chi connectivity index (χ1) is 15.4. The maximum Gasteiger partial charge on any atom is 0.279 e. The summed E-state index contributed by atoms with van der Waals surface area (Å²) in [5.41, 5.74) is 1.88. The van der Waals surface area contributed by atoms with E-state index in [-0.39, 0.29) is 17.9 Å². The fourth-order valence-corrected chi connectivity index (χ4v) is 4.81. The minimum absolute atomic E-state index is 0.129. The lowest BCUT2D eigenvalue weighted by Gasteiger charge is -2.28. The van der Waals surface area contributed by atoms with Crippen LogP contribution in [0.25, 0.3) is 0 Å². The van der Waals surface area contributed by atoms with Crippen molar-refractivity contribution in [2.75, 3.05) is 19.5 Å². The molecule has 32 heavy (non-hydrogen) atoms. The third-order valence-electron chi connectivity index (χ3n) is 5.40. The summed E-state index contributed by atoms with van der Waals surface area (Å²) in [7, 11) is 4.92. The Hall–Kier alpha value is -2.97. The largest absolute Gasteiger partial charge is 0.497 e. The quantitative estimate of drug-likeness (QED) is 0.428. The number of rotatable bonds is 6. The van der Waals surface area contributed by atoms with E-state index in [0.29, 0.717) is 38.8 Å². The summed E-state index contributed by atoms with van der Waals surface area (Å²) in [5, 5.41) is 4.05. The molecule has 2 aromatic carbocycles. The maximum atomic E-state index is 13.1. The smallest absolute Gasteiger partial charge is 0.279 e. The van der Waals surface area contributed by atoms with E-state index in [1.165, 1.54) is 11.8 Å². The van der Waals surface area contributed by atoms with Crippen LogP contribution >= 0.6 is 23.4 Å². The van der Waals surface area contributed by atoms with Crippen molar-refractivity contribution in [2.45, 2.75) is 23.2 Å². The van der Waals surface area contributed by atoms with Gasteiger partial charge in [0.05, 0.1) is 19.8 Å². The van der Waals surface area contributed by atoms with Gasteiger partial charge in [0, 0.05) is 41.8 Å². The number of aromatic nitrogens is 2. The van der Waals surface area contributed by atoms with Crippen LogP contribution in [0.4, 0.5) is 5.82 Å². The summed E-state index contributed by atoms with van der Waals surface area (Å²) in [6.07, 6.45) is 0.129. The van der Waals surface area contributed by atoms with Gasteiger partial charge in [0.1, 0.15) is 17.3 Å². The number of carbonyl (C=O) groups excluding carboxylic acids is 1. The molecule has 9 heteroatoms. The molecule has 2 heterocycles. The molecule has 0 radical (unpaired) electrons. The van der Waals surface area contributed by atoms with Crippen LogP contribution < -0.4 is 20.3 Å². The molecule has 0 saturated heterocycles. The Kier molecular flexibility index (Phi) is 6.43. The number of hydrogen-bond donors (Lipinski definition) is 1. The lowest BCUT2D eigenvalue weighted by molar-refractivity contribution is -0.116. The number of anilines is 1. The van der Waals surface area contributed by atoms with Crippen LogP contribution in [0.15, 0.2) is 52.4 Å². The van der Waals surface area contributed by atoms with Crippen LogP contribution in [0.2, 0.25) is 5.02 Å². The van der Waals surface area contributed by atoms with Crippen molar-refractivity contribution in [3.05, 3.63) is 74.5 Å². The topological polar surface area (TPSA) is 82.5 Å². The highest BCUT2D eigenvalue weighted by Gasteiger charge is 2.33. The zero-order valence-corrected chi connectivity index (χ0v) is 19.4. The van der Waals surface area contributed by atoms with E-state index in [9.17, 15) is 9.59 Å². The number of nitrogens with zero attached hydrogens (tertiary/aromatic N) is 2. The van der Waals surface area contributed by atoms with E-state index in [4.69, 9.17) is 21.1 Å². The minimum atomic E-state index is -0.471. The lowest BCUT2D eigenvalue weighted by atomic mass is 9.86. The van der Waals surface area contributed by atoms with Crippen molar-refractivity contribution in [2.24, 2.45) is 7.05 Å². The molecule has 4 rings (SSSR count). The molecule has 3 aromatic rings. The highest BCUT2D eigenvalue weighted by Crippen LogP contribution is 2.40. The first-order valence-electron chi connectivity index (χ1n) is 9.91. The van der Waals surface area contributed by atoms with Crippen molar-refractivity contribution in [3.8, 4) is 11.5 Å². The van der Waals surface area contributed by atoms with E-state index in [0.717, 1.165) is 11.1 Å². The Morgan fingerprint density at radius 1 is 1.16 bits per heavy atom. The second kappa shape index (κ2) is 9.26. The second-order valence-electron chi connectivity index (χ2n) is 7.35. The normalized spacial score (nSPS) is 15.1. The average Bonchev–Trinajstić information content (AvgIpc) is 2.80. The fraction of sp³-hybridized carbons (Fsp3) is 0.261. The number of methoxy groups -OCH3 is 2. The van der Waals surface area contributed by atoms with Crippen molar-refractivity contribution < 1.29 is 14.3 Å². The number of amides is 1. The monoisotopic (exact) mass is 471 g/mol. The second-order valence-corrected chi connectivity index (χ2v) is 8.73. The molecule has 0 saturated carbocycles. The number of benzene rings is 2. The van der Waals surface area contributed by atoms with Crippen molar-refractivity contribution in [3.63, 3.8) is 0 Å². The summed E-state index contributed by atoms with van der Waals surface area (Å²) in [4.78, 5) is 30.1. The predicted molar refractivity (Wildman–Crippen MR) is 125 cm³/mol. The van der Waals surface area contributed by atoms with Gasteiger partial charge in [0.25, 0.3) is 5.56 Å². The van der Waals surface area contributed by atoms with Crippen molar-refractivity contribution in [1.82, 2.24) is 9.55 Å². The van der Waals surface area contributed by atoms with Crippen LogP contribution in [0.5, 0.6) is 11.5 Å². The van der Waals surface area contributed by atoms with E-state index >= 15 is 0 Å². The summed E-state index contributed by atoms with van der Waals surface area (Å²) in [6.45, 7) is 0. The van der Waals surface area contributed by atoms with Gasteiger partial charge in [0.2, 0.25) is 5.91 Å². The van der Waals surface area contributed by atoms with Gasteiger partial charge in [-0.3, -0.25) is 9.59 Å². The van der Waals surface area contributed by atoms with Gasteiger partial charge in [-0.25, -0.2) is 0 Å². The molecule has 1 amide bonds.